The van der Waals surface area contributed by atoms with Gasteiger partial charge in [-0.1, -0.05) is 30.3 Å². The van der Waals surface area contributed by atoms with Gasteiger partial charge in [0.05, 0.1) is 12.6 Å². The molecule has 1 atom stereocenters. The van der Waals surface area contributed by atoms with Crippen LogP contribution in [0.25, 0.3) is 0 Å². The van der Waals surface area contributed by atoms with Crippen LogP contribution >= 0.6 is 0 Å². The van der Waals surface area contributed by atoms with Crippen LogP contribution < -0.4 is 5.32 Å². The van der Waals surface area contributed by atoms with Crippen LogP contribution in [0.5, 0.6) is 0 Å². The average molecular weight is 250 g/mol. The van der Waals surface area contributed by atoms with Gasteiger partial charge in [-0.25, -0.2) is 9.86 Å². The van der Waals surface area contributed by atoms with Gasteiger partial charge in [-0.2, -0.15) is 0 Å². The number of benzene rings is 1. The van der Waals surface area contributed by atoms with E-state index in [1.165, 1.54) is 0 Å². The first-order chi connectivity index (χ1) is 8.75. The Kier molecular flexibility index (Phi) is 4.55. The molecule has 1 saturated heterocycles. The van der Waals surface area contributed by atoms with Gasteiger partial charge in [0.25, 0.3) is 0 Å². The van der Waals surface area contributed by atoms with Crippen molar-refractivity contribution in [3.8, 4) is 0 Å². The van der Waals surface area contributed by atoms with Crippen LogP contribution in [-0.2, 0) is 11.3 Å². The first-order valence-electron chi connectivity index (χ1n) is 6.15. The molecule has 1 aliphatic rings. The lowest BCUT2D eigenvalue weighted by molar-refractivity contribution is -0.0517. The number of urea groups is 1. The molecule has 5 heteroatoms. The second-order valence-corrected chi connectivity index (χ2v) is 4.36. The number of ether oxygens (including phenoxy) is 1. The van der Waals surface area contributed by atoms with E-state index in [4.69, 9.17) is 4.74 Å². The van der Waals surface area contributed by atoms with Crippen molar-refractivity contribution in [2.24, 2.45) is 0 Å². The molecule has 1 unspecified atom stereocenters. The summed E-state index contributed by atoms with van der Waals surface area (Å²) in [5, 5.41) is 13.0. The van der Waals surface area contributed by atoms with Crippen LogP contribution in [0.15, 0.2) is 30.3 Å². The molecule has 2 rings (SSSR count). The zero-order valence-corrected chi connectivity index (χ0v) is 10.2. The number of amides is 2. The highest BCUT2D eigenvalue weighted by molar-refractivity contribution is 5.72. The maximum absolute atomic E-state index is 11.6. The Morgan fingerprint density at radius 1 is 1.44 bits per heavy atom. The Balaban J connectivity index is 1.74. The van der Waals surface area contributed by atoms with Crippen LogP contribution in [0.3, 0.4) is 0 Å². The van der Waals surface area contributed by atoms with Crippen LogP contribution in [0.4, 0.5) is 4.79 Å². The van der Waals surface area contributed by atoms with Crippen molar-refractivity contribution < 1.29 is 14.7 Å². The lowest BCUT2D eigenvalue weighted by Gasteiger charge is -2.17. The third kappa shape index (κ3) is 3.72. The molecule has 0 aliphatic carbocycles. The standard InChI is InChI=1S/C13H18N2O3/c16-13(14-9-12-7-4-8-18-12)15(17)10-11-5-2-1-3-6-11/h1-3,5-6,12,17H,4,7-10H2,(H,14,16). The molecule has 1 aromatic carbocycles. The maximum atomic E-state index is 11.6. The summed E-state index contributed by atoms with van der Waals surface area (Å²) in [6, 6.07) is 8.85. The molecule has 5 nitrogen and oxygen atoms in total. The Morgan fingerprint density at radius 3 is 2.89 bits per heavy atom. The second kappa shape index (κ2) is 6.37. The number of nitrogens with zero attached hydrogens (tertiary/aromatic N) is 1. The zero-order valence-electron chi connectivity index (χ0n) is 10.2. The Labute approximate surface area is 106 Å². The summed E-state index contributed by atoms with van der Waals surface area (Å²) in [5.41, 5.74) is 0.882. The second-order valence-electron chi connectivity index (χ2n) is 4.36. The van der Waals surface area contributed by atoms with E-state index >= 15 is 0 Å². The van der Waals surface area contributed by atoms with E-state index < -0.39 is 6.03 Å². The highest BCUT2D eigenvalue weighted by Crippen LogP contribution is 2.10. The van der Waals surface area contributed by atoms with Crippen molar-refractivity contribution in [2.45, 2.75) is 25.5 Å². The van der Waals surface area contributed by atoms with Gasteiger partial charge in [0, 0.05) is 13.2 Å². The Bertz CT molecular complexity index is 377. The summed E-state index contributed by atoms with van der Waals surface area (Å²) < 4.78 is 5.39. The van der Waals surface area contributed by atoms with Gasteiger partial charge in [0.1, 0.15) is 0 Å². The normalized spacial score (nSPS) is 18.6. The van der Waals surface area contributed by atoms with Gasteiger partial charge in [-0.15, -0.1) is 0 Å². The van der Waals surface area contributed by atoms with Crippen LogP contribution in [0, 0.1) is 0 Å². The first-order valence-corrected chi connectivity index (χ1v) is 6.15. The van der Waals surface area contributed by atoms with Crippen molar-refractivity contribution in [3.05, 3.63) is 35.9 Å². The quantitative estimate of drug-likeness (QED) is 0.632. The summed E-state index contributed by atoms with van der Waals surface area (Å²) in [4.78, 5) is 11.6. The average Bonchev–Trinajstić information content (AvgIpc) is 2.90. The third-order valence-electron chi connectivity index (χ3n) is 2.91. The van der Waals surface area contributed by atoms with E-state index in [9.17, 15) is 10.0 Å². The molecule has 0 aromatic heterocycles. The zero-order chi connectivity index (χ0) is 12.8. The van der Waals surface area contributed by atoms with E-state index in [2.05, 4.69) is 5.32 Å². The predicted molar refractivity (Wildman–Crippen MR) is 66.1 cm³/mol. The third-order valence-corrected chi connectivity index (χ3v) is 2.91. The fourth-order valence-electron chi connectivity index (χ4n) is 1.93. The smallest absolute Gasteiger partial charge is 0.341 e. The van der Waals surface area contributed by atoms with Gasteiger partial charge in [-0.3, -0.25) is 5.21 Å². The molecule has 1 fully saturated rings. The summed E-state index contributed by atoms with van der Waals surface area (Å²) in [7, 11) is 0. The minimum atomic E-state index is -0.491. The van der Waals surface area contributed by atoms with Crippen molar-refractivity contribution in [3.63, 3.8) is 0 Å². The van der Waals surface area contributed by atoms with Gasteiger partial charge in [0.15, 0.2) is 0 Å². The minimum Gasteiger partial charge on any atom is -0.376 e. The van der Waals surface area contributed by atoms with E-state index in [0.29, 0.717) is 11.6 Å². The lowest BCUT2D eigenvalue weighted by atomic mass is 10.2. The highest BCUT2D eigenvalue weighted by atomic mass is 16.5. The molecule has 0 bridgehead atoms. The van der Waals surface area contributed by atoms with E-state index in [1.54, 1.807) is 0 Å². The van der Waals surface area contributed by atoms with Crippen LogP contribution in [-0.4, -0.2) is 35.6 Å². The summed E-state index contributed by atoms with van der Waals surface area (Å²) >= 11 is 0. The number of hydroxylamine groups is 2. The molecular weight excluding hydrogens is 232 g/mol. The van der Waals surface area contributed by atoms with Crippen LogP contribution in [0.2, 0.25) is 0 Å². The largest absolute Gasteiger partial charge is 0.376 e. The molecular formula is C13H18N2O3. The predicted octanol–water partition coefficient (Wildman–Crippen LogP) is 1.77. The van der Waals surface area contributed by atoms with E-state index in [1.807, 2.05) is 30.3 Å². The monoisotopic (exact) mass is 250 g/mol. The molecule has 1 aliphatic heterocycles. The molecule has 0 spiro atoms. The molecule has 0 radical (unpaired) electrons. The Morgan fingerprint density at radius 2 is 2.22 bits per heavy atom. The summed E-state index contributed by atoms with van der Waals surface area (Å²) in [6.07, 6.45) is 2.08. The number of hydrogen-bond donors (Lipinski definition) is 2. The van der Waals surface area contributed by atoms with E-state index in [0.717, 1.165) is 25.0 Å². The fourth-order valence-corrected chi connectivity index (χ4v) is 1.93. The number of carbonyl (C=O) groups is 1. The van der Waals surface area contributed by atoms with Crippen molar-refractivity contribution in [1.29, 1.82) is 0 Å². The van der Waals surface area contributed by atoms with Gasteiger partial charge >= 0.3 is 6.03 Å². The molecule has 1 heterocycles. The van der Waals surface area contributed by atoms with Crippen molar-refractivity contribution in [2.75, 3.05) is 13.2 Å². The van der Waals surface area contributed by atoms with Gasteiger partial charge in [-0.05, 0) is 18.4 Å². The Hall–Kier alpha value is -1.59. The number of nitrogens with one attached hydrogen (secondary N) is 1. The summed E-state index contributed by atoms with van der Waals surface area (Å²) in [5.74, 6) is 0. The number of rotatable bonds is 4. The minimum absolute atomic E-state index is 0.0825. The topological polar surface area (TPSA) is 61.8 Å². The van der Waals surface area contributed by atoms with Crippen LogP contribution in [0.1, 0.15) is 18.4 Å². The van der Waals surface area contributed by atoms with Gasteiger partial charge in [0.2, 0.25) is 0 Å². The molecule has 1 aromatic rings. The lowest BCUT2D eigenvalue weighted by Crippen LogP contribution is -2.40. The molecule has 98 valence electrons. The molecule has 0 saturated carbocycles. The van der Waals surface area contributed by atoms with Gasteiger partial charge < -0.3 is 10.1 Å². The highest BCUT2D eigenvalue weighted by Gasteiger charge is 2.18. The van der Waals surface area contributed by atoms with E-state index in [-0.39, 0.29) is 12.6 Å². The molecule has 18 heavy (non-hydrogen) atoms. The summed E-state index contributed by atoms with van der Waals surface area (Å²) in [6.45, 7) is 1.39. The first kappa shape index (κ1) is 12.9. The van der Waals surface area contributed by atoms with Crippen molar-refractivity contribution >= 4 is 6.03 Å². The molecule has 2 N–H and O–H groups in total. The SMILES string of the molecule is O=C(NCC1CCCO1)N(O)Cc1ccccc1. The van der Waals surface area contributed by atoms with Crippen molar-refractivity contribution in [1.82, 2.24) is 10.4 Å². The maximum Gasteiger partial charge on any atom is 0.341 e. The molecule has 2 amide bonds. The fraction of sp³-hybridized carbons (Fsp3) is 0.462. The number of carbonyl (C=O) groups excluding carboxylic acids is 1. The number of hydrogen-bond acceptors (Lipinski definition) is 3.